The van der Waals surface area contributed by atoms with Crippen molar-refractivity contribution >= 4 is 88.0 Å². The second kappa shape index (κ2) is 18.2. The third kappa shape index (κ3) is 7.77. The van der Waals surface area contributed by atoms with Crippen LogP contribution in [0.4, 0.5) is 0 Å². The maximum atomic E-state index is 8.68. The average Bonchev–Trinajstić information content (AvgIpc) is 3.65. The van der Waals surface area contributed by atoms with Crippen LogP contribution in [-0.2, 0) is 18.9 Å². The van der Waals surface area contributed by atoms with Gasteiger partial charge in [0.15, 0.2) is 0 Å². The molecule has 0 unspecified atom stereocenters. The van der Waals surface area contributed by atoms with E-state index >= 15 is 0 Å². The zero-order valence-corrected chi connectivity index (χ0v) is 39.5. The topological polar surface area (TPSA) is 4.93 Å². The van der Waals surface area contributed by atoms with E-state index < -0.39 is 11.9 Å². The molecule has 0 spiro atoms. The van der Waals surface area contributed by atoms with Gasteiger partial charge >= 0.3 is 380 Å². The van der Waals surface area contributed by atoms with Crippen molar-refractivity contribution in [2.75, 3.05) is 0 Å². The number of nitrogens with zero attached hydrogens (tertiary/aromatic N) is 1. The summed E-state index contributed by atoms with van der Waals surface area (Å²) in [6.45, 7) is 3.23. The van der Waals surface area contributed by atoms with Gasteiger partial charge < -0.3 is 0 Å². The molecule has 0 aliphatic heterocycles. The van der Waals surface area contributed by atoms with E-state index in [0.29, 0.717) is 12.3 Å². The summed E-state index contributed by atoms with van der Waals surface area (Å²) >= 11 is 17.4. The van der Waals surface area contributed by atoms with E-state index in [1.165, 1.54) is 96.9 Å². The van der Waals surface area contributed by atoms with E-state index in [9.17, 15) is 0 Å². The molecule has 0 saturated heterocycles. The Bertz CT molecular complexity index is 2530. The Morgan fingerprint density at radius 1 is 0.349 bits per heavy atom. The molecule has 0 amide bonds. The predicted octanol–water partition coefficient (Wildman–Crippen LogP) is 14.5. The van der Waals surface area contributed by atoms with Gasteiger partial charge in [-0.1, -0.05) is 6.92 Å². The van der Waals surface area contributed by atoms with E-state index in [-0.39, 0.29) is 0 Å². The van der Waals surface area contributed by atoms with Crippen LogP contribution in [0.2, 0.25) is 0 Å². The number of aryl methyl sites for hydroxylation is 1. The second-order valence-electron chi connectivity index (χ2n) is 17.3. The third-order valence-electron chi connectivity index (χ3n) is 13.5. The summed E-state index contributed by atoms with van der Waals surface area (Å²) in [6, 6.07) is 79.5. The molecule has 0 N–H and O–H groups in total. The van der Waals surface area contributed by atoms with Crippen LogP contribution in [0.5, 0.6) is 0 Å². The van der Waals surface area contributed by atoms with Gasteiger partial charge in [0, 0.05) is 0 Å². The molecule has 318 valence electrons. The Labute approximate surface area is 384 Å². The van der Waals surface area contributed by atoms with Crippen molar-refractivity contribution < 1.29 is 0 Å². The van der Waals surface area contributed by atoms with Crippen molar-refractivity contribution in [3.8, 4) is 0 Å². The van der Waals surface area contributed by atoms with Crippen molar-refractivity contribution in [2.24, 2.45) is 0 Å². The van der Waals surface area contributed by atoms with E-state index in [2.05, 4.69) is 230 Å². The summed E-state index contributed by atoms with van der Waals surface area (Å²) < 4.78 is 2.62. The fraction of sp³-hybridized carbons (Fsp3) is 0.172. The first-order valence-corrected chi connectivity index (χ1v) is 29.3. The van der Waals surface area contributed by atoms with E-state index in [0.717, 1.165) is 13.0 Å². The van der Waals surface area contributed by atoms with Gasteiger partial charge in [0.2, 0.25) is 0 Å². The van der Waals surface area contributed by atoms with Gasteiger partial charge in [-0.15, -0.1) is 0 Å². The van der Waals surface area contributed by atoms with E-state index in [1.807, 2.05) is 0 Å². The number of hydrogen-bond acceptors (Lipinski definition) is 0. The van der Waals surface area contributed by atoms with Gasteiger partial charge in [-0.3, -0.25) is 0 Å². The van der Waals surface area contributed by atoms with Crippen molar-refractivity contribution in [2.45, 2.75) is 64.3 Å². The average molecular weight is 901 g/mol. The molecule has 8 aromatic carbocycles. The Hall–Kier alpha value is -5.00. The zero-order chi connectivity index (χ0) is 43.2. The molecular weight excluding hydrogens is 843 g/mol. The normalized spacial score (nSPS) is 13.3. The zero-order valence-electron chi connectivity index (χ0n) is 36.2. The number of unbranched alkanes of at least 4 members (excludes halogenated alkanes) is 5. The standard InChI is InChI=1S/C58H57Cl2NP2/c1-2-3-4-5-6-25-42-61-57-43-47(45-62(59,49-26-13-7-14-27-49,50-28-15-8-16-29-50)51-30-17-9-18-31-51)38-40-55(57)56-41-39-48(44-58(56)61)46-63(60,52-32-19-10-20-33-52,53-34-21-11-22-35-53)54-36-23-12-24-37-54/h7-24,26-41,43-44H,2-6,25,42,45-46H2,1H3. The number of fused-ring (bicyclic) bond motifs is 3. The number of halogens is 2. The molecule has 5 heteroatoms. The van der Waals surface area contributed by atoms with Gasteiger partial charge in [-0.25, -0.2) is 0 Å². The summed E-state index contributed by atoms with van der Waals surface area (Å²) in [4.78, 5) is 0. The van der Waals surface area contributed by atoms with Crippen LogP contribution in [0.15, 0.2) is 218 Å². The summed E-state index contributed by atoms with van der Waals surface area (Å²) in [5.41, 5.74) is 5.01. The van der Waals surface area contributed by atoms with Crippen LogP contribution in [0.25, 0.3) is 21.8 Å². The van der Waals surface area contributed by atoms with Crippen LogP contribution in [0.1, 0.15) is 56.6 Å². The molecule has 1 heterocycles. The molecule has 63 heavy (non-hydrogen) atoms. The van der Waals surface area contributed by atoms with Gasteiger partial charge in [-0.05, 0) is 0 Å². The molecule has 0 fully saturated rings. The molecule has 0 aliphatic carbocycles. The molecule has 1 nitrogen and oxygen atoms in total. The Balaban J connectivity index is 1.23. The van der Waals surface area contributed by atoms with E-state index in [1.54, 1.807) is 0 Å². The second-order valence-corrected chi connectivity index (χ2v) is 30.3. The molecule has 1 aromatic heterocycles. The van der Waals surface area contributed by atoms with Crippen molar-refractivity contribution in [1.29, 1.82) is 0 Å². The Morgan fingerprint density at radius 3 is 0.937 bits per heavy atom. The third-order valence-corrected chi connectivity index (χ3v) is 27.9. The molecule has 0 radical (unpaired) electrons. The van der Waals surface area contributed by atoms with Gasteiger partial charge in [0.1, 0.15) is 0 Å². The fourth-order valence-electron chi connectivity index (χ4n) is 10.2. The van der Waals surface area contributed by atoms with Crippen molar-refractivity contribution in [3.05, 3.63) is 230 Å². The maximum absolute atomic E-state index is 8.68. The van der Waals surface area contributed by atoms with Gasteiger partial charge in [0.25, 0.3) is 0 Å². The Morgan fingerprint density at radius 2 is 0.635 bits per heavy atom. The molecule has 9 rings (SSSR count). The Kier molecular flexibility index (Phi) is 12.5. The van der Waals surface area contributed by atoms with E-state index in [4.69, 9.17) is 22.5 Å². The summed E-state index contributed by atoms with van der Waals surface area (Å²) in [5, 5.41) is 9.62. The number of benzene rings is 8. The molecule has 0 saturated carbocycles. The van der Waals surface area contributed by atoms with Crippen LogP contribution < -0.4 is 31.8 Å². The summed E-state index contributed by atoms with van der Waals surface area (Å²) in [5.74, 6) is -7.14. The number of aromatic nitrogens is 1. The van der Waals surface area contributed by atoms with Crippen molar-refractivity contribution in [3.63, 3.8) is 0 Å². The summed E-state index contributed by atoms with van der Waals surface area (Å²) in [7, 11) is 0. The monoisotopic (exact) mass is 899 g/mol. The van der Waals surface area contributed by atoms with Crippen LogP contribution >= 0.6 is 34.4 Å². The quantitative estimate of drug-likeness (QED) is 0.0634. The first kappa shape index (κ1) is 43.3. The first-order valence-electron chi connectivity index (χ1n) is 22.7. The van der Waals surface area contributed by atoms with Gasteiger partial charge in [-0.2, -0.15) is 0 Å². The van der Waals surface area contributed by atoms with Crippen LogP contribution in [-0.4, -0.2) is 4.57 Å². The van der Waals surface area contributed by atoms with Crippen LogP contribution in [0, 0.1) is 0 Å². The van der Waals surface area contributed by atoms with Gasteiger partial charge in [0.05, 0.1) is 0 Å². The minimum atomic E-state index is -3.57. The first-order chi connectivity index (χ1) is 30.8. The fourth-order valence-corrected chi connectivity index (χ4v) is 22.5. The van der Waals surface area contributed by atoms with Crippen LogP contribution in [0.3, 0.4) is 0 Å². The van der Waals surface area contributed by atoms with Crippen molar-refractivity contribution in [1.82, 2.24) is 4.57 Å². The predicted molar refractivity (Wildman–Crippen MR) is 282 cm³/mol. The molecule has 0 bridgehead atoms. The molecule has 0 aliphatic rings. The SMILES string of the molecule is CCCCCCCCn1c2cc(CP(Cl)(c3ccccc3)(c3ccccc3)c3ccccc3)ccc2c2ccc(CP(Cl)(c3ccccc3)(c3ccccc3)c3ccccc3)cc21. The molecular formula is C58H57Cl2NP2. The number of hydrogen-bond donors (Lipinski definition) is 0. The molecule has 0 atom stereocenters. The minimum absolute atomic E-state index is 0.691. The summed E-state index contributed by atoms with van der Waals surface area (Å²) in [6.07, 6.45) is 8.82. The molecule has 9 aromatic rings. The number of rotatable bonds is 17.